The van der Waals surface area contributed by atoms with Crippen molar-refractivity contribution in [2.24, 2.45) is 5.41 Å². The zero-order valence-corrected chi connectivity index (χ0v) is 17.4. The Kier molecular flexibility index (Phi) is 21.6. The Morgan fingerprint density at radius 3 is 2.05 bits per heavy atom. The summed E-state index contributed by atoms with van der Waals surface area (Å²) in [4.78, 5) is 0. The van der Waals surface area contributed by atoms with Crippen LogP contribution in [0, 0.1) is 24.2 Å². The summed E-state index contributed by atoms with van der Waals surface area (Å²) in [6.45, 7) is 6.82. The number of halogens is 2. The predicted molar refractivity (Wildman–Crippen MR) is 86.0 cm³/mol. The van der Waals surface area contributed by atoms with Crippen molar-refractivity contribution in [3.05, 3.63) is 60.8 Å². The second-order valence-electron chi connectivity index (χ2n) is 5.09. The van der Waals surface area contributed by atoms with Crippen molar-refractivity contribution in [3.63, 3.8) is 0 Å². The van der Waals surface area contributed by atoms with Gasteiger partial charge in [-0.1, -0.05) is 27.2 Å². The molecule has 2 aliphatic rings. The minimum atomic E-state index is 0. The van der Waals surface area contributed by atoms with Gasteiger partial charge in [0.15, 0.2) is 0 Å². The van der Waals surface area contributed by atoms with Gasteiger partial charge < -0.3 is 32.2 Å². The van der Waals surface area contributed by atoms with Crippen LogP contribution < -0.4 is 24.8 Å². The molecule has 0 heterocycles. The van der Waals surface area contributed by atoms with Crippen LogP contribution >= 0.6 is 11.8 Å². The van der Waals surface area contributed by atoms with E-state index in [4.69, 9.17) is 0 Å². The molecule has 0 radical (unpaired) electrons. The SMILES string of the molecule is CS[C-]1CC=CC=C1C(C)(C)C.[C-]1=CC=CC1.[CH3-].[Cl-].[Cl-].[Ti+2]. The van der Waals surface area contributed by atoms with Crippen LogP contribution in [0.15, 0.2) is 42.0 Å². The van der Waals surface area contributed by atoms with Gasteiger partial charge in [-0.3, -0.25) is 6.08 Å². The van der Waals surface area contributed by atoms with Gasteiger partial charge in [0.25, 0.3) is 0 Å². The molecule has 0 fully saturated rings. The maximum Gasteiger partial charge on any atom is 2.00 e. The standard InChI is InChI=1S/C11H17S.C5H5.CH3.2ClH.Ti/c1-11(2,3)9-7-5-6-8-10(9)12-4;1-2-4-5-3-1;;;;/h5-7H,8H2,1-4H3;1-3H,4H2;1H3;2*1H;/q3*-1;;;+2/p-2. The molecule has 0 atom stereocenters. The van der Waals surface area contributed by atoms with Crippen LogP contribution in [-0.4, -0.2) is 6.26 Å². The van der Waals surface area contributed by atoms with Gasteiger partial charge >= 0.3 is 21.7 Å². The van der Waals surface area contributed by atoms with Crippen molar-refractivity contribution in [2.45, 2.75) is 33.6 Å². The van der Waals surface area contributed by atoms with Gasteiger partial charge in [0, 0.05) is 0 Å². The molecule has 21 heavy (non-hydrogen) atoms. The van der Waals surface area contributed by atoms with Crippen LogP contribution in [0.25, 0.3) is 0 Å². The van der Waals surface area contributed by atoms with Crippen molar-refractivity contribution in [1.82, 2.24) is 0 Å². The van der Waals surface area contributed by atoms with Gasteiger partial charge in [0.05, 0.1) is 0 Å². The average Bonchev–Trinajstić information content (AvgIpc) is 2.86. The van der Waals surface area contributed by atoms with Crippen LogP contribution in [0.3, 0.4) is 0 Å². The summed E-state index contributed by atoms with van der Waals surface area (Å²) in [5, 5.41) is 1.52. The van der Waals surface area contributed by atoms with Gasteiger partial charge in [0.2, 0.25) is 0 Å². The van der Waals surface area contributed by atoms with E-state index in [2.05, 4.69) is 57.4 Å². The fraction of sp³-hybridized carbons (Fsp3) is 0.412. The topological polar surface area (TPSA) is 0 Å². The summed E-state index contributed by atoms with van der Waals surface area (Å²) in [7, 11) is 0. The minimum absolute atomic E-state index is 0. The minimum Gasteiger partial charge on any atom is -1.00 e. The molecule has 0 spiro atoms. The van der Waals surface area contributed by atoms with Crippen LogP contribution in [0.2, 0.25) is 0 Å². The van der Waals surface area contributed by atoms with Crippen LogP contribution in [0.1, 0.15) is 33.6 Å². The Hall–Kier alpha value is 0.474. The van der Waals surface area contributed by atoms with Crippen molar-refractivity contribution in [3.8, 4) is 0 Å². The predicted octanol–water partition coefficient (Wildman–Crippen LogP) is -0.425. The molecule has 120 valence electrons. The molecule has 0 N–H and O–H groups in total. The molecule has 4 heteroatoms. The zero-order chi connectivity index (χ0) is 12.7. The largest absolute Gasteiger partial charge is 2.00 e. The fourth-order valence-electron chi connectivity index (χ4n) is 1.74. The monoisotopic (exact) mass is 379 g/mol. The quantitative estimate of drug-likeness (QED) is 0.440. The van der Waals surface area contributed by atoms with Crippen LogP contribution in [0.5, 0.6) is 0 Å². The number of hydrogen-bond acceptors (Lipinski definition) is 1. The summed E-state index contributed by atoms with van der Waals surface area (Å²) in [6, 6.07) is 0. The summed E-state index contributed by atoms with van der Waals surface area (Å²) < 4.78 is 0. The first-order valence-electron chi connectivity index (χ1n) is 6.05. The molecular weight excluding hydrogens is 355 g/mol. The van der Waals surface area contributed by atoms with E-state index in [1.165, 1.54) is 10.8 Å². The Bertz CT molecular complexity index is 342. The molecular formula is C17H25Cl2STi-3. The molecule has 0 aromatic carbocycles. The molecule has 0 saturated carbocycles. The van der Waals surface area contributed by atoms with Crippen molar-refractivity contribution in [1.29, 1.82) is 0 Å². The molecule has 0 aromatic heterocycles. The molecule has 0 aromatic rings. The molecule has 2 rings (SSSR count). The van der Waals surface area contributed by atoms with Gasteiger partial charge in [-0.15, -0.1) is 18.6 Å². The third kappa shape index (κ3) is 11.7. The molecule has 0 nitrogen and oxygen atoms in total. The van der Waals surface area contributed by atoms with E-state index in [-0.39, 0.29) is 54.0 Å². The van der Waals surface area contributed by atoms with E-state index in [0.717, 1.165) is 12.8 Å². The van der Waals surface area contributed by atoms with Gasteiger partial charge in [-0.2, -0.15) is 16.9 Å². The van der Waals surface area contributed by atoms with E-state index in [1.54, 1.807) is 0 Å². The third-order valence-corrected chi connectivity index (χ3v) is 3.52. The summed E-state index contributed by atoms with van der Waals surface area (Å²) in [5.74, 6) is 0. The van der Waals surface area contributed by atoms with Crippen LogP contribution in [0.4, 0.5) is 0 Å². The first-order valence-corrected chi connectivity index (χ1v) is 7.27. The second-order valence-corrected chi connectivity index (χ2v) is 5.99. The number of allylic oxidation sites excluding steroid dienone is 7. The number of rotatable bonds is 1. The summed E-state index contributed by atoms with van der Waals surface area (Å²) >= 11 is 1.88. The van der Waals surface area contributed by atoms with Crippen molar-refractivity contribution < 1.29 is 46.5 Å². The number of hydrogen-bond donors (Lipinski definition) is 0. The van der Waals surface area contributed by atoms with Gasteiger partial charge in [-0.05, 0) is 11.7 Å². The molecule has 0 bridgehead atoms. The first-order chi connectivity index (χ1) is 8.05. The van der Waals surface area contributed by atoms with Crippen LogP contribution in [-0.2, 0) is 21.7 Å². The van der Waals surface area contributed by atoms with E-state index >= 15 is 0 Å². The van der Waals surface area contributed by atoms with E-state index in [0.29, 0.717) is 5.41 Å². The van der Waals surface area contributed by atoms with Gasteiger partial charge in [0.1, 0.15) is 0 Å². The van der Waals surface area contributed by atoms with Crippen molar-refractivity contribution >= 4 is 11.8 Å². The molecule has 2 aliphatic carbocycles. The molecule has 0 unspecified atom stereocenters. The molecule has 0 aliphatic heterocycles. The van der Waals surface area contributed by atoms with Crippen molar-refractivity contribution in [2.75, 3.05) is 6.26 Å². The Morgan fingerprint density at radius 1 is 1.14 bits per heavy atom. The maximum atomic E-state index is 2.99. The summed E-state index contributed by atoms with van der Waals surface area (Å²) in [5.41, 5.74) is 1.79. The number of thioether (sulfide) groups is 1. The van der Waals surface area contributed by atoms with E-state index < -0.39 is 0 Å². The molecule has 0 amide bonds. The first kappa shape index (κ1) is 29.5. The zero-order valence-electron chi connectivity index (χ0n) is 13.5. The molecule has 0 saturated heterocycles. The maximum absolute atomic E-state index is 2.99. The van der Waals surface area contributed by atoms with E-state index in [1.807, 2.05) is 23.9 Å². The Labute approximate surface area is 163 Å². The average molecular weight is 380 g/mol. The Morgan fingerprint density at radius 2 is 1.76 bits per heavy atom. The second kappa shape index (κ2) is 15.4. The van der Waals surface area contributed by atoms with Gasteiger partial charge in [-0.25, -0.2) is 30.0 Å². The smallest absolute Gasteiger partial charge is 1.00 e. The summed E-state index contributed by atoms with van der Waals surface area (Å²) in [6.07, 6.45) is 19.9. The van der Waals surface area contributed by atoms with E-state index in [9.17, 15) is 0 Å². The Balaban J connectivity index is -0.000000140. The normalized spacial score (nSPS) is 14.5. The fourth-order valence-corrected chi connectivity index (χ4v) is 2.60. The third-order valence-electron chi connectivity index (χ3n) is 2.64.